The van der Waals surface area contributed by atoms with Crippen LogP contribution in [0.2, 0.25) is 0 Å². The van der Waals surface area contributed by atoms with Crippen molar-refractivity contribution >= 4 is 0 Å². The first kappa shape index (κ1) is 32.1. The zero-order chi connectivity index (χ0) is 30.8. The van der Waals surface area contributed by atoms with Crippen LogP contribution < -0.4 is 4.68 Å². The van der Waals surface area contributed by atoms with Crippen molar-refractivity contribution in [3.8, 4) is 0 Å². The Balaban J connectivity index is 1.96. The zero-order valence-electron chi connectivity index (χ0n) is 28.0. The van der Waals surface area contributed by atoms with Gasteiger partial charge < -0.3 is 0 Å². The molecule has 2 aromatic heterocycles. The van der Waals surface area contributed by atoms with Gasteiger partial charge in [0.1, 0.15) is 11.6 Å². The highest BCUT2D eigenvalue weighted by Crippen LogP contribution is 2.51. The predicted octanol–water partition coefficient (Wildman–Crippen LogP) is 7.93. The van der Waals surface area contributed by atoms with Gasteiger partial charge in [0.05, 0.1) is 16.4 Å². The summed E-state index contributed by atoms with van der Waals surface area (Å²) in [6.45, 7) is 25.6. The predicted molar refractivity (Wildman–Crippen MR) is 160 cm³/mol. The van der Waals surface area contributed by atoms with E-state index in [-0.39, 0.29) is 22.7 Å². The van der Waals surface area contributed by atoms with E-state index in [1.807, 2.05) is 41.5 Å². The third kappa shape index (κ3) is 5.87. The average molecular weight is 576 g/mol. The molecule has 0 bridgehead atoms. The molecule has 41 heavy (non-hydrogen) atoms. The van der Waals surface area contributed by atoms with Crippen molar-refractivity contribution in [2.24, 2.45) is 22.7 Å². The fourth-order valence-electron chi connectivity index (χ4n) is 7.62. The highest BCUT2D eigenvalue weighted by molar-refractivity contribution is 5.23. The topological polar surface area (TPSA) is 52.4 Å². The number of hydrogen-bond acceptors (Lipinski definition) is 3. The molecule has 4 rings (SSSR count). The third-order valence-corrected chi connectivity index (χ3v) is 10.2. The molecule has 2 aromatic rings. The Hall–Kier alpha value is -1.86. The summed E-state index contributed by atoms with van der Waals surface area (Å²) >= 11 is 0. The van der Waals surface area contributed by atoms with E-state index in [0.29, 0.717) is 30.9 Å². The average Bonchev–Trinajstić information content (AvgIpc) is 3.38. The molecule has 0 spiro atoms. The maximum absolute atomic E-state index is 16.4. The molecule has 3 atom stereocenters. The summed E-state index contributed by atoms with van der Waals surface area (Å²) in [5, 5.41) is 13.9. The van der Waals surface area contributed by atoms with E-state index in [4.69, 9.17) is 5.21 Å². The first-order valence-electron chi connectivity index (χ1n) is 16.1. The van der Waals surface area contributed by atoms with Crippen molar-refractivity contribution in [1.82, 2.24) is 24.9 Å². The molecule has 0 saturated carbocycles. The van der Waals surface area contributed by atoms with E-state index < -0.39 is 22.8 Å². The highest BCUT2D eigenvalue weighted by Gasteiger charge is 2.53. The molecule has 0 aliphatic heterocycles. The van der Waals surface area contributed by atoms with Crippen LogP contribution in [0.5, 0.6) is 0 Å². The monoisotopic (exact) mass is 575 g/mol. The van der Waals surface area contributed by atoms with Crippen LogP contribution in [0.25, 0.3) is 0 Å². The first-order valence-corrected chi connectivity index (χ1v) is 16.1. The van der Waals surface area contributed by atoms with Gasteiger partial charge in [0.25, 0.3) is 5.92 Å². The molecule has 2 aliphatic carbocycles. The Labute approximate surface area is 247 Å². The van der Waals surface area contributed by atoms with Gasteiger partial charge in [-0.3, -0.25) is 0 Å². The Morgan fingerprint density at radius 2 is 1.63 bits per heavy atom. The summed E-state index contributed by atoms with van der Waals surface area (Å²) in [6, 6.07) is -0.0483. The standard InChI is InChI=1S/C33H57F2N6/c1-13-32(22(2)3)19-15-14-16-24-26(21-32)39(38-41(24)31(10,11)12)23-17-18-27(29(4,5)6)33(34,35)28-25(20-23)40(37-36-28)30(7,8)9/h22-23,27H,13-21H2,1-12H3/q+1. The van der Waals surface area contributed by atoms with Gasteiger partial charge in [-0.1, -0.05) is 53.2 Å². The number of fused-ring (bicyclic) bond motifs is 2. The minimum atomic E-state index is -3.05. The maximum Gasteiger partial charge on any atom is 0.296 e. The van der Waals surface area contributed by atoms with E-state index >= 15 is 8.78 Å². The Morgan fingerprint density at radius 1 is 0.976 bits per heavy atom. The van der Waals surface area contributed by atoms with Gasteiger partial charge in [-0.2, -0.15) is 8.78 Å². The van der Waals surface area contributed by atoms with Crippen molar-refractivity contribution in [3.63, 3.8) is 0 Å². The number of alkyl halides is 2. The summed E-state index contributed by atoms with van der Waals surface area (Å²) in [5.41, 5.74) is 2.04. The number of aromatic nitrogens is 6. The molecule has 8 heteroatoms. The van der Waals surface area contributed by atoms with Gasteiger partial charge in [-0.05, 0) is 90.4 Å². The number of halogens is 2. The van der Waals surface area contributed by atoms with Gasteiger partial charge in [0.15, 0.2) is 17.1 Å². The zero-order valence-corrected chi connectivity index (χ0v) is 28.0. The van der Waals surface area contributed by atoms with Crippen molar-refractivity contribution in [3.05, 3.63) is 22.8 Å². The van der Waals surface area contributed by atoms with E-state index in [9.17, 15) is 0 Å². The molecule has 0 fully saturated rings. The molecule has 232 valence electrons. The van der Waals surface area contributed by atoms with E-state index in [1.165, 1.54) is 24.2 Å². The molecule has 0 amide bonds. The van der Waals surface area contributed by atoms with Crippen LogP contribution in [-0.4, -0.2) is 24.9 Å². The molecule has 2 heterocycles. The van der Waals surface area contributed by atoms with Gasteiger partial charge in [0, 0.05) is 25.2 Å². The molecule has 6 nitrogen and oxygen atoms in total. The van der Waals surface area contributed by atoms with Crippen LogP contribution in [0.3, 0.4) is 0 Å². The minimum absolute atomic E-state index is 0.0483. The Kier molecular flexibility index (Phi) is 8.36. The van der Waals surface area contributed by atoms with Gasteiger partial charge in [-0.25, -0.2) is 4.68 Å². The SMILES string of the molecule is CCC1(C(C)C)CCCCc2c(n(C3CCC(C(C)(C)C)C(F)(F)c4nnn(C(C)(C)C)c4C3)n[n+]2C(C)(C)C)C1. The minimum Gasteiger partial charge on any atom is -0.243 e. The molecular weight excluding hydrogens is 518 g/mol. The lowest BCUT2D eigenvalue weighted by Gasteiger charge is -2.39. The summed E-state index contributed by atoms with van der Waals surface area (Å²) < 4.78 is 39.0. The Bertz CT molecular complexity index is 1220. The maximum atomic E-state index is 16.4. The lowest BCUT2D eigenvalue weighted by atomic mass is 9.67. The van der Waals surface area contributed by atoms with E-state index in [2.05, 4.69) is 61.2 Å². The number of rotatable bonds is 3. The first-order chi connectivity index (χ1) is 18.7. The lowest BCUT2D eigenvalue weighted by molar-refractivity contribution is -0.813. The van der Waals surface area contributed by atoms with Gasteiger partial charge >= 0.3 is 0 Å². The van der Waals surface area contributed by atoms with Crippen molar-refractivity contribution < 1.29 is 13.5 Å². The number of hydrogen-bond donors (Lipinski definition) is 0. The van der Waals surface area contributed by atoms with Crippen LogP contribution in [0.15, 0.2) is 0 Å². The molecule has 3 unspecified atom stereocenters. The van der Waals surface area contributed by atoms with Crippen LogP contribution in [0.4, 0.5) is 8.78 Å². The largest absolute Gasteiger partial charge is 0.296 e. The third-order valence-electron chi connectivity index (χ3n) is 10.2. The summed E-state index contributed by atoms with van der Waals surface area (Å²) in [4.78, 5) is 0. The van der Waals surface area contributed by atoms with E-state index in [1.54, 1.807) is 4.68 Å². The molecule has 0 N–H and O–H groups in total. The fourth-order valence-corrected chi connectivity index (χ4v) is 7.62. The second kappa shape index (κ2) is 10.7. The molecular formula is C33H57F2N6+. The van der Waals surface area contributed by atoms with Crippen LogP contribution in [0.1, 0.15) is 150 Å². The highest BCUT2D eigenvalue weighted by atomic mass is 19.3. The second-order valence-electron chi connectivity index (χ2n) is 16.5. The van der Waals surface area contributed by atoms with Crippen LogP contribution in [0, 0.1) is 22.7 Å². The quantitative estimate of drug-likeness (QED) is 0.349. The summed E-state index contributed by atoms with van der Waals surface area (Å²) in [7, 11) is 0. The molecule has 0 saturated heterocycles. The Morgan fingerprint density at radius 3 is 2.17 bits per heavy atom. The summed E-state index contributed by atoms with van der Waals surface area (Å²) in [5.74, 6) is -3.36. The summed E-state index contributed by atoms with van der Waals surface area (Å²) in [6.07, 6.45) is 8.21. The van der Waals surface area contributed by atoms with Crippen molar-refractivity contribution in [1.29, 1.82) is 0 Å². The normalized spacial score (nSPS) is 26.1. The van der Waals surface area contributed by atoms with Gasteiger partial charge in [-0.15, -0.1) is 14.5 Å². The molecule has 0 aromatic carbocycles. The lowest BCUT2D eigenvalue weighted by Crippen LogP contribution is -2.55. The molecule has 0 radical (unpaired) electrons. The number of nitrogens with zero attached hydrogens (tertiary/aromatic N) is 6. The van der Waals surface area contributed by atoms with Crippen molar-refractivity contribution in [2.75, 3.05) is 0 Å². The van der Waals surface area contributed by atoms with Crippen LogP contribution >= 0.6 is 0 Å². The fraction of sp³-hybridized carbons (Fsp3) is 0.879. The smallest absolute Gasteiger partial charge is 0.243 e. The van der Waals surface area contributed by atoms with Gasteiger partial charge in [0.2, 0.25) is 0 Å². The van der Waals surface area contributed by atoms with Crippen molar-refractivity contribution in [2.45, 2.75) is 164 Å². The van der Waals surface area contributed by atoms with E-state index in [0.717, 1.165) is 25.7 Å². The van der Waals surface area contributed by atoms with Crippen LogP contribution in [-0.2, 0) is 36.3 Å². The second-order valence-corrected chi connectivity index (χ2v) is 16.5. The molecule has 2 aliphatic rings.